The number of pyridine rings is 1. The summed E-state index contributed by atoms with van der Waals surface area (Å²) in [6.45, 7) is 1.63. The zero-order valence-corrected chi connectivity index (χ0v) is 18.1. The van der Waals surface area contributed by atoms with Crippen LogP contribution < -0.4 is 10.6 Å². The molecule has 0 saturated carbocycles. The molecule has 0 saturated heterocycles. The van der Waals surface area contributed by atoms with Crippen LogP contribution in [0.1, 0.15) is 5.56 Å². The number of nitrogens with zero attached hydrogens (tertiary/aromatic N) is 3. The second kappa shape index (κ2) is 13.5. The third-order valence-electron chi connectivity index (χ3n) is 2.96. The molecule has 6 nitrogen and oxygen atoms in total. The summed E-state index contributed by atoms with van der Waals surface area (Å²) in [6.07, 6.45) is 4.61. The van der Waals surface area contributed by atoms with Crippen molar-refractivity contribution < 1.29 is 4.79 Å². The van der Waals surface area contributed by atoms with Crippen molar-refractivity contribution in [2.24, 2.45) is 4.99 Å². The minimum Gasteiger partial charge on any atom is -0.356 e. The molecule has 0 fully saturated rings. The number of halogens is 2. The van der Waals surface area contributed by atoms with Gasteiger partial charge in [-0.2, -0.15) is 11.8 Å². The number of hydrogen-bond donors (Lipinski definition) is 2. The normalized spacial score (nSPS) is 10.8. The van der Waals surface area contributed by atoms with Crippen molar-refractivity contribution in [3.8, 4) is 0 Å². The molecule has 2 N–H and O–H groups in total. The predicted octanol–water partition coefficient (Wildman–Crippen LogP) is 1.88. The number of aromatic nitrogens is 1. The molecule has 0 aromatic carbocycles. The van der Waals surface area contributed by atoms with Gasteiger partial charge in [-0.05, 0) is 24.3 Å². The van der Waals surface area contributed by atoms with E-state index in [0.29, 0.717) is 17.7 Å². The molecule has 0 aliphatic rings. The SMILES string of the molecule is CSCCNC(=NCC(=O)N(C)C)NCCc1ccc(Cl)nc1.I. The van der Waals surface area contributed by atoms with Crippen LogP contribution in [-0.2, 0) is 11.2 Å². The highest BCUT2D eigenvalue weighted by atomic mass is 127. The van der Waals surface area contributed by atoms with Gasteiger partial charge in [0, 0.05) is 39.1 Å². The van der Waals surface area contributed by atoms with Gasteiger partial charge in [-0.15, -0.1) is 24.0 Å². The van der Waals surface area contributed by atoms with Crippen LogP contribution in [0.15, 0.2) is 23.3 Å². The van der Waals surface area contributed by atoms with Gasteiger partial charge in [-0.1, -0.05) is 17.7 Å². The molecule has 136 valence electrons. The van der Waals surface area contributed by atoms with Gasteiger partial charge in [-0.25, -0.2) is 9.98 Å². The molecule has 0 bridgehead atoms. The molecule has 24 heavy (non-hydrogen) atoms. The Morgan fingerprint density at radius 2 is 2.04 bits per heavy atom. The fraction of sp³-hybridized carbons (Fsp3) is 0.533. The van der Waals surface area contributed by atoms with Crippen molar-refractivity contribution in [3.05, 3.63) is 29.0 Å². The van der Waals surface area contributed by atoms with Crippen molar-refractivity contribution in [3.63, 3.8) is 0 Å². The number of carbonyl (C=O) groups is 1. The first-order chi connectivity index (χ1) is 11.0. The van der Waals surface area contributed by atoms with E-state index in [2.05, 4.69) is 26.9 Å². The van der Waals surface area contributed by atoms with E-state index in [9.17, 15) is 4.79 Å². The van der Waals surface area contributed by atoms with Crippen LogP contribution in [-0.4, -0.2) is 67.5 Å². The fourth-order valence-corrected chi connectivity index (χ4v) is 2.03. The molecule has 0 spiro atoms. The van der Waals surface area contributed by atoms with Crippen LogP contribution in [0.3, 0.4) is 0 Å². The van der Waals surface area contributed by atoms with Gasteiger partial charge >= 0.3 is 0 Å². The first kappa shape index (κ1) is 23.3. The van der Waals surface area contributed by atoms with Gasteiger partial charge in [0.05, 0.1) is 0 Å². The van der Waals surface area contributed by atoms with E-state index in [1.54, 1.807) is 38.1 Å². The van der Waals surface area contributed by atoms with Crippen LogP contribution >= 0.6 is 47.3 Å². The largest absolute Gasteiger partial charge is 0.356 e. The maximum absolute atomic E-state index is 11.6. The summed E-state index contributed by atoms with van der Waals surface area (Å²) in [5, 5.41) is 6.95. The highest BCUT2D eigenvalue weighted by Crippen LogP contribution is 2.05. The number of thioether (sulfide) groups is 1. The number of likely N-dealkylation sites (N-methyl/N-ethyl adjacent to an activating group) is 1. The molecule has 0 aliphatic heterocycles. The number of guanidine groups is 1. The molecule has 1 aromatic rings. The van der Waals surface area contributed by atoms with Crippen LogP contribution in [0.5, 0.6) is 0 Å². The Kier molecular flexibility index (Phi) is 13.1. The summed E-state index contributed by atoms with van der Waals surface area (Å²) in [5.74, 6) is 1.60. The number of carbonyl (C=O) groups excluding carboxylic acids is 1. The van der Waals surface area contributed by atoms with Crippen LogP contribution in [0.25, 0.3) is 0 Å². The second-order valence-corrected chi connectivity index (χ2v) is 6.41. The average Bonchev–Trinajstić information content (AvgIpc) is 2.53. The number of aliphatic imine (C=N–C) groups is 1. The van der Waals surface area contributed by atoms with Crippen LogP contribution in [0.4, 0.5) is 0 Å². The van der Waals surface area contributed by atoms with Crippen molar-refractivity contribution in [1.29, 1.82) is 0 Å². The molecule has 9 heteroatoms. The highest BCUT2D eigenvalue weighted by molar-refractivity contribution is 14.0. The Hall–Kier alpha value is -0.740. The van der Waals surface area contributed by atoms with E-state index in [-0.39, 0.29) is 36.4 Å². The fourth-order valence-electron chi connectivity index (χ4n) is 1.61. The number of rotatable bonds is 8. The molecule has 0 atom stereocenters. The van der Waals surface area contributed by atoms with E-state index in [0.717, 1.165) is 24.3 Å². The summed E-state index contributed by atoms with van der Waals surface area (Å²) < 4.78 is 0. The molecule has 1 rings (SSSR count). The average molecular weight is 486 g/mol. The van der Waals surface area contributed by atoms with Crippen molar-refractivity contribution >= 4 is 59.2 Å². The van der Waals surface area contributed by atoms with Gasteiger partial charge in [0.2, 0.25) is 5.91 Å². The summed E-state index contributed by atoms with van der Waals surface area (Å²) in [5.41, 5.74) is 1.09. The second-order valence-electron chi connectivity index (χ2n) is 5.04. The first-order valence-electron chi connectivity index (χ1n) is 7.34. The van der Waals surface area contributed by atoms with Crippen molar-refractivity contribution in [2.75, 3.05) is 45.7 Å². The Balaban J connectivity index is 0.00000529. The molecule has 0 unspecified atom stereocenters. The number of nitrogens with one attached hydrogen (secondary N) is 2. The monoisotopic (exact) mass is 485 g/mol. The standard InChI is InChI=1S/C15H24ClN5OS.HI/c1-21(2)14(22)11-20-15(18-8-9-23-3)17-7-6-12-4-5-13(16)19-10-12;/h4-5,10H,6-9,11H2,1-3H3,(H2,17,18,20);1H. The lowest BCUT2D eigenvalue weighted by Gasteiger charge is -2.13. The number of hydrogen-bond acceptors (Lipinski definition) is 4. The van der Waals surface area contributed by atoms with E-state index in [4.69, 9.17) is 11.6 Å². The lowest BCUT2D eigenvalue weighted by molar-refractivity contribution is -0.127. The van der Waals surface area contributed by atoms with Gasteiger partial charge in [0.15, 0.2) is 5.96 Å². The number of amides is 1. The van der Waals surface area contributed by atoms with E-state index < -0.39 is 0 Å². The molecule has 1 heterocycles. The molecular weight excluding hydrogens is 461 g/mol. The molecule has 1 amide bonds. The summed E-state index contributed by atoms with van der Waals surface area (Å²) in [7, 11) is 3.44. The molecular formula is C15H25ClIN5OS. The van der Waals surface area contributed by atoms with Gasteiger partial charge < -0.3 is 15.5 Å². The van der Waals surface area contributed by atoms with E-state index in [1.165, 1.54) is 4.90 Å². The molecule has 0 radical (unpaired) electrons. The minimum absolute atomic E-state index is 0. The van der Waals surface area contributed by atoms with E-state index in [1.807, 2.05) is 6.07 Å². The van der Waals surface area contributed by atoms with Crippen LogP contribution in [0, 0.1) is 0 Å². The first-order valence-corrected chi connectivity index (χ1v) is 9.12. The topological polar surface area (TPSA) is 69.6 Å². The zero-order chi connectivity index (χ0) is 17.1. The quantitative estimate of drug-likeness (QED) is 0.193. The maximum atomic E-state index is 11.6. The Labute approximate surface area is 170 Å². The van der Waals surface area contributed by atoms with Gasteiger partial charge in [-0.3, -0.25) is 4.79 Å². The molecule has 1 aromatic heterocycles. The lowest BCUT2D eigenvalue weighted by Crippen LogP contribution is -2.40. The van der Waals surface area contributed by atoms with Crippen molar-refractivity contribution in [1.82, 2.24) is 20.5 Å². The third kappa shape index (κ3) is 10.2. The van der Waals surface area contributed by atoms with Crippen LogP contribution in [0.2, 0.25) is 5.15 Å². The Bertz CT molecular complexity index is 513. The van der Waals surface area contributed by atoms with Gasteiger partial charge in [0.1, 0.15) is 11.7 Å². The smallest absolute Gasteiger partial charge is 0.243 e. The minimum atomic E-state index is -0.0298. The molecule has 0 aliphatic carbocycles. The predicted molar refractivity (Wildman–Crippen MR) is 114 cm³/mol. The zero-order valence-electron chi connectivity index (χ0n) is 14.2. The van der Waals surface area contributed by atoms with Crippen molar-refractivity contribution in [2.45, 2.75) is 6.42 Å². The maximum Gasteiger partial charge on any atom is 0.243 e. The van der Waals surface area contributed by atoms with E-state index >= 15 is 0 Å². The Morgan fingerprint density at radius 1 is 1.33 bits per heavy atom. The highest BCUT2D eigenvalue weighted by Gasteiger charge is 2.04. The summed E-state index contributed by atoms with van der Waals surface area (Å²) >= 11 is 7.52. The Morgan fingerprint density at radius 3 is 2.62 bits per heavy atom. The van der Waals surface area contributed by atoms with Gasteiger partial charge in [0.25, 0.3) is 0 Å². The third-order valence-corrected chi connectivity index (χ3v) is 3.80. The summed E-state index contributed by atoms with van der Waals surface area (Å²) in [4.78, 5) is 21.5. The lowest BCUT2D eigenvalue weighted by atomic mass is 10.2. The summed E-state index contributed by atoms with van der Waals surface area (Å²) in [6, 6.07) is 3.73.